The van der Waals surface area contributed by atoms with Gasteiger partial charge in [0.2, 0.25) is 11.7 Å². The van der Waals surface area contributed by atoms with Gasteiger partial charge in [-0.05, 0) is 38.7 Å². The molecule has 8 nitrogen and oxygen atoms in total. The van der Waals surface area contributed by atoms with Gasteiger partial charge in [0, 0.05) is 23.2 Å². The van der Waals surface area contributed by atoms with Crippen LogP contribution in [0.4, 0.5) is 26.3 Å². The molecule has 14 heteroatoms. The molecule has 3 aromatic heterocycles. The number of nitrogens with two attached hydrogens (primary N) is 1. The first-order valence-corrected chi connectivity index (χ1v) is 9.81. The number of alkyl halides is 6. The Morgan fingerprint density at radius 1 is 1.06 bits per heavy atom. The summed E-state index contributed by atoms with van der Waals surface area (Å²) in [6.45, 7) is 1.11. The van der Waals surface area contributed by atoms with E-state index < -0.39 is 23.7 Å². The van der Waals surface area contributed by atoms with E-state index in [0.717, 1.165) is 18.7 Å². The highest BCUT2D eigenvalue weighted by Crippen LogP contribution is 2.36. The fourth-order valence-corrected chi connectivity index (χ4v) is 3.67. The van der Waals surface area contributed by atoms with E-state index in [2.05, 4.69) is 25.2 Å². The smallest absolute Gasteiger partial charge is 0.404 e. The normalized spacial score (nSPS) is 15.1. The SMILES string of the molecule is Cc1cc(C(F)(F)F)nc(C(=CN)c2noc(Cn3nc(C(F)(F)F)c4c3CCCC4)n2)n1. The first-order chi connectivity index (χ1) is 15.5. The van der Waals surface area contributed by atoms with Crippen molar-refractivity contribution in [2.75, 3.05) is 0 Å². The molecule has 3 aromatic rings. The number of halogens is 6. The molecule has 176 valence electrons. The lowest BCUT2D eigenvalue weighted by Crippen LogP contribution is -2.12. The van der Waals surface area contributed by atoms with Crippen LogP contribution in [0.5, 0.6) is 0 Å². The summed E-state index contributed by atoms with van der Waals surface area (Å²) in [6, 6.07) is 0.776. The number of hydrogen-bond donors (Lipinski definition) is 1. The van der Waals surface area contributed by atoms with Crippen molar-refractivity contribution in [2.24, 2.45) is 5.73 Å². The van der Waals surface area contributed by atoms with Gasteiger partial charge in [0.05, 0.1) is 5.57 Å². The van der Waals surface area contributed by atoms with Gasteiger partial charge in [-0.15, -0.1) is 0 Å². The first-order valence-electron chi connectivity index (χ1n) is 9.81. The lowest BCUT2D eigenvalue weighted by Gasteiger charge is -2.14. The van der Waals surface area contributed by atoms with E-state index in [1.807, 2.05) is 0 Å². The molecule has 0 aliphatic heterocycles. The van der Waals surface area contributed by atoms with E-state index in [1.54, 1.807) is 0 Å². The minimum Gasteiger partial charge on any atom is -0.404 e. The third-order valence-electron chi connectivity index (χ3n) is 5.07. The van der Waals surface area contributed by atoms with Crippen molar-refractivity contribution in [3.8, 4) is 0 Å². The van der Waals surface area contributed by atoms with Crippen molar-refractivity contribution in [1.82, 2.24) is 29.9 Å². The Morgan fingerprint density at radius 2 is 1.79 bits per heavy atom. The molecule has 1 aliphatic rings. The van der Waals surface area contributed by atoms with Gasteiger partial charge in [-0.2, -0.15) is 36.4 Å². The average molecular weight is 473 g/mol. The molecule has 0 spiro atoms. The lowest BCUT2D eigenvalue weighted by molar-refractivity contribution is -0.142. The Morgan fingerprint density at radius 3 is 2.45 bits per heavy atom. The minimum atomic E-state index is -4.71. The van der Waals surface area contributed by atoms with Crippen LogP contribution in [0, 0.1) is 6.92 Å². The Labute approximate surface area is 182 Å². The Bertz CT molecular complexity index is 1210. The fraction of sp³-hybridized carbons (Fsp3) is 0.421. The number of aryl methyl sites for hydroxylation is 1. The van der Waals surface area contributed by atoms with Gasteiger partial charge >= 0.3 is 12.4 Å². The highest BCUT2D eigenvalue weighted by Gasteiger charge is 2.39. The Balaban J connectivity index is 1.65. The quantitative estimate of drug-likeness (QED) is 0.576. The second-order valence-electron chi connectivity index (χ2n) is 7.44. The molecule has 33 heavy (non-hydrogen) atoms. The van der Waals surface area contributed by atoms with E-state index >= 15 is 0 Å². The highest BCUT2D eigenvalue weighted by molar-refractivity contribution is 5.71. The van der Waals surface area contributed by atoms with Crippen LogP contribution in [0.3, 0.4) is 0 Å². The Hall–Kier alpha value is -3.45. The van der Waals surface area contributed by atoms with Crippen molar-refractivity contribution < 1.29 is 30.9 Å². The van der Waals surface area contributed by atoms with Gasteiger partial charge in [0.25, 0.3) is 0 Å². The maximum atomic E-state index is 13.4. The summed E-state index contributed by atoms with van der Waals surface area (Å²) >= 11 is 0. The number of rotatable bonds is 4. The zero-order valence-corrected chi connectivity index (χ0v) is 17.1. The summed E-state index contributed by atoms with van der Waals surface area (Å²) in [7, 11) is 0. The van der Waals surface area contributed by atoms with E-state index in [1.165, 1.54) is 11.6 Å². The second-order valence-corrected chi connectivity index (χ2v) is 7.44. The zero-order chi connectivity index (χ0) is 24.0. The van der Waals surface area contributed by atoms with Crippen LogP contribution in [-0.4, -0.2) is 29.9 Å². The molecular weight excluding hydrogens is 456 g/mol. The second kappa shape index (κ2) is 8.15. The monoisotopic (exact) mass is 473 g/mol. The van der Waals surface area contributed by atoms with Crippen molar-refractivity contribution in [2.45, 2.75) is 51.5 Å². The van der Waals surface area contributed by atoms with Gasteiger partial charge in [-0.25, -0.2) is 9.97 Å². The molecule has 0 saturated carbocycles. The molecule has 4 rings (SSSR count). The molecular formula is C19H17F6N7O. The molecule has 2 N–H and O–H groups in total. The molecule has 0 atom stereocenters. The van der Waals surface area contributed by atoms with E-state index in [9.17, 15) is 26.3 Å². The topological polar surface area (TPSA) is 109 Å². The molecule has 1 aliphatic carbocycles. The van der Waals surface area contributed by atoms with E-state index in [-0.39, 0.29) is 47.3 Å². The van der Waals surface area contributed by atoms with Crippen LogP contribution in [0.25, 0.3) is 5.57 Å². The van der Waals surface area contributed by atoms with Gasteiger partial charge in [0.15, 0.2) is 11.5 Å². The van der Waals surface area contributed by atoms with Crippen LogP contribution in [0.1, 0.15) is 58.7 Å². The van der Waals surface area contributed by atoms with Gasteiger partial charge in [0.1, 0.15) is 12.2 Å². The lowest BCUT2D eigenvalue weighted by atomic mass is 9.95. The summed E-state index contributed by atoms with van der Waals surface area (Å²) in [5.74, 6) is -0.672. The summed E-state index contributed by atoms with van der Waals surface area (Å²) in [4.78, 5) is 11.5. The maximum absolute atomic E-state index is 13.4. The summed E-state index contributed by atoms with van der Waals surface area (Å²) in [5, 5.41) is 7.41. The number of fused-ring (bicyclic) bond motifs is 1. The molecule has 0 radical (unpaired) electrons. The van der Waals surface area contributed by atoms with E-state index in [4.69, 9.17) is 10.3 Å². The van der Waals surface area contributed by atoms with Crippen molar-refractivity contribution in [1.29, 1.82) is 0 Å². The fourth-order valence-electron chi connectivity index (χ4n) is 3.67. The molecule has 0 saturated heterocycles. The first kappa shape index (κ1) is 22.7. The predicted octanol–water partition coefficient (Wildman–Crippen LogP) is 3.68. The van der Waals surface area contributed by atoms with Gasteiger partial charge in [-0.3, -0.25) is 4.68 Å². The van der Waals surface area contributed by atoms with Crippen molar-refractivity contribution in [3.05, 3.63) is 58.1 Å². The summed E-state index contributed by atoms with van der Waals surface area (Å²) in [6.07, 6.45) is -6.33. The Kier molecular flexibility index (Phi) is 5.62. The largest absolute Gasteiger partial charge is 0.435 e. The van der Waals surface area contributed by atoms with Crippen LogP contribution in [0.2, 0.25) is 0 Å². The number of hydrogen-bond acceptors (Lipinski definition) is 7. The van der Waals surface area contributed by atoms with Gasteiger partial charge in [-0.1, -0.05) is 5.16 Å². The molecule has 0 bridgehead atoms. The number of nitrogens with zero attached hydrogens (tertiary/aromatic N) is 6. The van der Waals surface area contributed by atoms with Crippen molar-refractivity contribution in [3.63, 3.8) is 0 Å². The summed E-state index contributed by atoms with van der Waals surface area (Å²) < 4.78 is 85.7. The van der Waals surface area contributed by atoms with Crippen LogP contribution in [0.15, 0.2) is 16.8 Å². The van der Waals surface area contributed by atoms with Crippen LogP contribution < -0.4 is 5.73 Å². The molecule has 3 heterocycles. The van der Waals surface area contributed by atoms with Crippen molar-refractivity contribution >= 4 is 5.57 Å². The standard InChI is InChI=1S/C19H17F6N7O/c1-9-6-13(18(20,21)22)28-16(27-9)11(7-26)17-29-14(33-31-17)8-32-12-5-3-2-4-10(12)15(30-32)19(23,24)25/h6-7H,2-5,8,26H2,1H3. The third-order valence-corrected chi connectivity index (χ3v) is 5.07. The zero-order valence-electron chi connectivity index (χ0n) is 17.1. The molecule has 0 fully saturated rings. The van der Waals surface area contributed by atoms with Crippen LogP contribution in [-0.2, 0) is 31.7 Å². The summed E-state index contributed by atoms with van der Waals surface area (Å²) in [5.41, 5.74) is 3.97. The maximum Gasteiger partial charge on any atom is 0.435 e. The molecule has 0 aromatic carbocycles. The minimum absolute atomic E-state index is 0.0400. The average Bonchev–Trinajstić information content (AvgIpc) is 3.33. The van der Waals surface area contributed by atoms with Crippen LogP contribution >= 0.6 is 0 Å². The van der Waals surface area contributed by atoms with E-state index in [0.29, 0.717) is 18.5 Å². The van der Waals surface area contributed by atoms with Gasteiger partial charge < -0.3 is 10.3 Å². The number of aromatic nitrogens is 6. The molecule has 0 amide bonds. The highest BCUT2D eigenvalue weighted by atomic mass is 19.4. The third kappa shape index (κ3) is 4.54. The predicted molar refractivity (Wildman–Crippen MR) is 100 cm³/mol. The molecule has 0 unspecified atom stereocenters.